The molecule has 0 saturated heterocycles. The number of benzene rings is 1. The fourth-order valence-corrected chi connectivity index (χ4v) is 3.05. The lowest BCUT2D eigenvalue weighted by Gasteiger charge is -2.27. The summed E-state index contributed by atoms with van der Waals surface area (Å²) in [7, 11) is 1.81. The Labute approximate surface area is 124 Å². The maximum absolute atomic E-state index is 12.5. The van der Waals surface area contributed by atoms with Crippen LogP contribution >= 0.6 is 11.3 Å². The smallest absolute Gasteiger partial charge is 0.244 e. The largest absolute Gasteiger partial charge is 0.337 e. The van der Waals surface area contributed by atoms with Crippen molar-refractivity contribution in [2.45, 2.75) is 25.9 Å². The SMILES string of the molecule is Cc1ccc(C(C)N(C)C(=O)[C@H](N)c2ccccc2)s1. The van der Waals surface area contributed by atoms with Crippen molar-refractivity contribution in [3.05, 3.63) is 57.8 Å². The maximum Gasteiger partial charge on any atom is 0.244 e. The molecule has 1 aromatic heterocycles. The van der Waals surface area contributed by atoms with Gasteiger partial charge in [0.25, 0.3) is 0 Å². The second-order valence-electron chi connectivity index (χ2n) is 4.96. The van der Waals surface area contributed by atoms with Crippen LogP contribution in [0.5, 0.6) is 0 Å². The number of amides is 1. The Hall–Kier alpha value is -1.65. The molecule has 106 valence electrons. The molecule has 2 N–H and O–H groups in total. The highest BCUT2D eigenvalue weighted by Crippen LogP contribution is 2.27. The number of rotatable bonds is 4. The summed E-state index contributed by atoms with van der Waals surface area (Å²) in [4.78, 5) is 16.6. The fraction of sp³-hybridized carbons (Fsp3) is 0.312. The Balaban J connectivity index is 2.12. The number of hydrogen-bond donors (Lipinski definition) is 1. The van der Waals surface area contributed by atoms with Crippen LogP contribution in [0.3, 0.4) is 0 Å². The third kappa shape index (κ3) is 3.08. The van der Waals surface area contributed by atoms with E-state index in [9.17, 15) is 4.79 Å². The number of aryl methyl sites for hydroxylation is 1. The molecular weight excluding hydrogens is 268 g/mol. The van der Waals surface area contributed by atoms with E-state index in [0.29, 0.717) is 0 Å². The van der Waals surface area contributed by atoms with Crippen molar-refractivity contribution in [2.24, 2.45) is 5.73 Å². The van der Waals surface area contributed by atoms with Crippen LogP contribution in [-0.2, 0) is 4.79 Å². The monoisotopic (exact) mass is 288 g/mol. The number of nitrogens with zero attached hydrogens (tertiary/aromatic N) is 1. The summed E-state index contributed by atoms with van der Waals surface area (Å²) in [6.45, 7) is 4.10. The van der Waals surface area contributed by atoms with Crippen LogP contribution in [0, 0.1) is 6.92 Å². The van der Waals surface area contributed by atoms with Gasteiger partial charge in [0.1, 0.15) is 6.04 Å². The molecular formula is C16H20N2OS. The van der Waals surface area contributed by atoms with Gasteiger partial charge in [0, 0.05) is 16.8 Å². The summed E-state index contributed by atoms with van der Waals surface area (Å²) in [6.07, 6.45) is 0. The zero-order valence-electron chi connectivity index (χ0n) is 12.0. The predicted octanol–water partition coefficient (Wildman–Crippen LogP) is 3.28. The zero-order valence-corrected chi connectivity index (χ0v) is 12.9. The van der Waals surface area contributed by atoms with Gasteiger partial charge in [-0.3, -0.25) is 4.79 Å². The summed E-state index contributed by atoms with van der Waals surface area (Å²) >= 11 is 1.71. The number of likely N-dealkylation sites (N-methyl/N-ethyl adjacent to an activating group) is 1. The van der Waals surface area contributed by atoms with Crippen LogP contribution in [0.1, 0.15) is 34.3 Å². The second-order valence-corrected chi connectivity index (χ2v) is 6.28. The zero-order chi connectivity index (χ0) is 14.7. The number of carbonyl (C=O) groups is 1. The van der Waals surface area contributed by atoms with Gasteiger partial charge in [0.15, 0.2) is 0 Å². The van der Waals surface area contributed by atoms with Crippen LogP contribution in [0.25, 0.3) is 0 Å². The number of thiophene rings is 1. The van der Waals surface area contributed by atoms with Crippen molar-refractivity contribution in [2.75, 3.05) is 7.05 Å². The van der Waals surface area contributed by atoms with Gasteiger partial charge < -0.3 is 10.6 Å². The summed E-state index contributed by atoms with van der Waals surface area (Å²) < 4.78 is 0. The fourth-order valence-electron chi connectivity index (χ4n) is 2.08. The average Bonchev–Trinajstić information content (AvgIpc) is 2.91. The maximum atomic E-state index is 12.5. The molecule has 2 aromatic rings. The van der Waals surface area contributed by atoms with E-state index in [1.165, 1.54) is 9.75 Å². The Morgan fingerprint density at radius 3 is 2.40 bits per heavy atom. The van der Waals surface area contributed by atoms with E-state index >= 15 is 0 Å². The molecule has 0 saturated carbocycles. The van der Waals surface area contributed by atoms with Crippen molar-refractivity contribution >= 4 is 17.2 Å². The van der Waals surface area contributed by atoms with Gasteiger partial charge in [-0.25, -0.2) is 0 Å². The molecule has 1 heterocycles. The summed E-state index contributed by atoms with van der Waals surface area (Å²) in [5.41, 5.74) is 6.92. The Morgan fingerprint density at radius 1 is 1.20 bits per heavy atom. The van der Waals surface area contributed by atoms with Crippen molar-refractivity contribution in [3.8, 4) is 0 Å². The minimum Gasteiger partial charge on any atom is -0.337 e. The van der Waals surface area contributed by atoms with Gasteiger partial charge in [0.05, 0.1) is 6.04 Å². The van der Waals surface area contributed by atoms with Gasteiger partial charge in [-0.1, -0.05) is 30.3 Å². The molecule has 0 spiro atoms. The van der Waals surface area contributed by atoms with E-state index in [-0.39, 0.29) is 11.9 Å². The minimum atomic E-state index is -0.607. The van der Waals surface area contributed by atoms with Crippen molar-refractivity contribution in [3.63, 3.8) is 0 Å². The van der Waals surface area contributed by atoms with Crippen molar-refractivity contribution < 1.29 is 4.79 Å². The summed E-state index contributed by atoms with van der Waals surface area (Å²) in [5, 5.41) is 0. The van der Waals surface area contributed by atoms with Crippen molar-refractivity contribution in [1.82, 2.24) is 4.90 Å². The van der Waals surface area contributed by atoms with E-state index in [4.69, 9.17) is 5.73 Å². The molecule has 0 radical (unpaired) electrons. The first-order chi connectivity index (χ1) is 9.50. The first kappa shape index (κ1) is 14.8. The highest BCUT2D eigenvalue weighted by atomic mass is 32.1. The molecule has 0 bridgehead atoms. The molecule has 1 aromatic carbocycles. The average molecular weight is 288 g/mol. The van der Waals surface area contributed by atoms with Gasteiger partial charge >= 0.3 is 0 Å². The molecule has 1 amide bonds. The van der Waals surface area contributed by atoms with Crippen LogP contribution in [-0.4, -0.2) is 17.9 Å². The van der Waals surface area contributed by atoms with Crippen molar-refractivity contribution in [1.29, 1.82) is 0 Å². The van der Waals surface area contributed by atoms with Gasteiger partial charge in [-0.2, -0.15) is 0 Å². The molecule has 20 heavy (non-hydrogen) atoms. The Bertz CT molecular complexity index is 579. The molecule has 2 rings (SSSR count). The molecule has 0 aliphatic carbocycles. The lowest BCUT2D eigenvalue weighted by Crippen LogP contribution is -2.37. The third-order valence-corrected chi connectivity index (χ3v) is 4.70. The highest BCUT2D eigenvalue weighted by Gasteiger charge is 2.24. The molecule has 4 heteroatoms. The van der Waals surface area contributed by atoms with Crippen LogP contribution in [0.15, 0.2) is 42.5 Å². The van der Waals surface area contributed by atoms with Gasteiger partial charge in [-0.15, -0.1) is 11.3 Å². The molecule has 2 atom stereocenters. The second kappa shape index (κ2) is 6.20. The number of carbonyl (C=O) groups excluding carboxylic acids is 1. The molecule has 0 aliphatic heterocycles. The van der Waals surface area contributed by atoms with E-state index in [1.807, 2.05) is 44.3 Å². The van der Waals surface area contributed by atoms with E-state index < -0.39 is 6.04 Å². The van der Waals surface area contributed by atoms with Crippen LogP contribution < -0.4 is 5.73 Å². The van der Waals surface area contributed by atoms with Gasteiger partial charge in [-0.05, 0) is 31.5 Å². The molecule has 0 aliphatic rings. The lowest BCUT2D eigenvalue weighted by atomic mass is 10.1. The number of hydrogen-bond acceptors (Lipinski definition) is 3. The molecule has 0 fully saturated rings. The highest BCUT2D eigenvalue weighted by molar-refractivity contribution is 7.12. The Kier molecular flexibility index (Phi) is 4.57. The van der Waals surface area contributed by atoms with E-state index in [0.717, 1.165) is 5.56 Å². The lowest BCUT2D eigenvalue weighted by molar-refractivity contribution is -0.133. The quantitative estimate of drug-likeness (QED) is 0.938. The predicted molar refractivity (Wildman–Crippen MR) is 83.6 cm³/mol. The minimum absolute atomic E-state index is 0.0379. The van der Waals surface area contributed by atoms with Gasteiger partial charge in [0.2, 0.25) is 5.91 Å². The number of nitrogens with two attached hydrogens (primary N) is 1. The summed E-state index contributed by atoms with van der Waals surface area (Å²) in [5.74, 6) is -0.0604. The topological polar surface area (TPSA) is 46.3 Å². The standard InChI is InChI=1S/C16H20N2OS/c1-11-9-10-14(20-11)12(2)18(3)16(19)15(17)13-7-5-4-6-8-13/h4-10,12,15H,17H2,1-3H3/t12?,15-/m1/s1. The molecule has 1 unspecified atom stereocenters. The first-order valence-corrected chi connectivity index (χ1v) is 7.46. The first-order valence-electron chi connectivity index (χ1n) is 6.64. The Morgan fingerprint density at radius 2 is 1.85 bits per heavy atom. The molecule has 3 nitrogen and oxygen atoms in total. The van der Waals surface area contributed by atoms with E-state index in [2.05, 4.69) is 19.1 Å². The normalized spacial score (nSPS) is 13.8. The van der Waals surface area contributed by atoms with Crippen LogP contribution in [0.4, 0.5) is 0 Å². The van der Waals surface area contributed by atoms with Crippen LogP contribution in [0.2, 0.25) is 0 Å². The third-order valence-electron chi connectivity index (χ3n) is 3.53. The van der Waals surface area contributed by atoms with E-state index in [1.54, 1.807) is 16.2 Å². The summed E-state index contributed by atoms with van der Waals surface area (Å²) in [6, 6.07) is 13.1.